The van der Waals surface area contributed by atoms with Crippen LogP contribution >= 0.6 is 0 Å². The number of hydrogen-bond acceptors (Lipinski definition) is 6. The smallest absolute Gasteiger partial charge is 0.257 e. The summed E-state index contributed by atoms with van der Waals surface area (Å²) < 4.78 is 3.30. The molecule has 0 aliphatic rings. The van der Waals surface area contributed by atoms with Crippen LogP contribution in [0, 0.1) is 6.92 Å². The van der Waals surface area contributed by atoms with Crippen molar-refractivity contribution in [2.24, 2.45) is 0 Å². The van der Waals surface area contributed by atoms with Crippen molar-refractivity contribution < 1.29 is 4.79 Å². The van der Waals surface area contributed by atoms with Crippen molar-refractivity contribution in [1.29, 1.82) is 0 Å². The first kappa shape index (κ1) is 15.6. The highest BCUT2D eigenvalue weighted by molar-refractivity contribution is 6.06. The number of nitrogens with one attached hydrogen (secondary N) is 1. The topological polar surface area (TPSA) is 103 Å². The molecule has 9 nitrogen and oxygen atoms in total. The van der Waals surface area contributed by atoms with Crippen molar-refractivity contribution in [3.8, 4) is 11.5 Å². The van der Waals surface area contributed by atoms with Gasteiger partial charge in [0.25, 0.3) is 5.91 Å². The Morgan fingerprint density at radius 2 is 2.00 bits per heavy atom. The zero-order chi connectivity index (χ0) is 17.9. The summed E-state index contributed by atoms with van der Waals surface area (Å²) in [5.41, 5.74) is 1.63. The molecule has 0 bridgehead atoms. The van der Waals surface area contributed by atoms with E-state index in [4.69, 9.17) is 0 Å². The fraction of sp³-hybridized carbons (Fsp3) is 0.0588. The zero-order valence-corrected chi connectivity index (χ0v) is 13.8. The maximum atomic E-state index is 12.7. The predicted molar refractivity (Wildman–Crippen MR) is 93.2 cm³/mol. The Balaban J connectivity index is 1.57. The summed E-state index contributed by atoms with van der Waals surface area (Å²) >= 11 is 0. The van der Waals surface area contributed by atoms with E-state index in [9.17, 15) is 4.79 Å². The highest BCUT2D eigenvalue weighted by atomic mass is 16.1. The Morgan fingerprint density at radius 3 is 2.69 bits per heavy atom. The quantitative estimate of drug-likeness (QED) is 0.604. The van der Waals surface area contributed by atoms with Crippen LogP contribution in [0.15, 0.2) is 61.3 Å². The van der Waals surface area contributed by atoms with Gasteiger partial charge < -0.3 is 5.32 Å². The lowest BCUT2D eigenvalue weighted by Crippen LogP contribution is -2.15. The number of nitrogens with zero attached hydrogens (tertiary/aromatic N) is 7. The van der Waals surface area contributed by atoms with Crippen LogP contribution in [0.3, 0.4) is 0 Å². The molecule has 0 saturated heterocycles. The van der Waals surface area contributed by atoms with Crippen molar-refractivity contribution in [2.75, 3.05) is 5.32 Å². The van der Waals surface area contributed by atoms with Crippen LogP contribution in [0.4, 0.5) is 5.69 Å². The molecule has 0 fully saturated rings. The van der Waals surface area contributed by atoms with E-state index in [0.717, 1.165) is 11.6 Å². The second-order valence-corrected chi connectivity index (χ2v) is 5.48. The Labute approximate surface area is 148 Å². The number of benzene rings is 1. The van der Waals surface area contributed by atoms with E-state index in [-0.39, 0.29) is 5.91 Å². The van der Waals surface area contributed by atoms with Crippen molar-refractivity contribution in [1.82, 2.24) is 34.7 Å². The minimum Gasteiger partial charge on any atom is -0.321 e. The van der Waals surface area contributed by atoms with E-state index >= 15 is 0 Å². The summed E-state index contributed by atoms with van der Waals surface area (Å²) in [7, 11) is 0. The number of imidazole rings is 1. The molecule has 0 atom stereocenters. The standard InChI is InChI=1S/C17H14N8O/c1-12-18-8-9-24(12)16-7-6-13(10-19-16)21-17(26)14-4-2-3-5-15(14)25-11-20-22-23-25/h2-11H,1H3,(H,21,26). The molecule has 26 heavy (non-hydrogen) atoms. The number of tetrazole rings is 1. The van der Waals surface area contributed by atoms with Crippen molar-refractivity contribution >= 4 is 11.6 Å². The Hall–Kier alpha value is -3.88. The third-order valence-electron chi connectivity index (χ3n) is 3.82. The first-order valence-electron chi connectivity index (χ1n) is 7.82. The highest BCUT2D eigenvalue weighted by Crippen LogP contribution is 2.16. The van der Waals surface area contributed by atoms with E-state index in [1.165, 1.54) is 11.0 Å². The molecule has 0 aliphatic heterocycles. The molecule has 9 heteroatoms. The minimum atomic E-state index is -0.274. The molecule has 3 heterocycles. The van der Waals surface area contributed by atoms with Crippen LogP contribution < -0.4 is 5.32 Å². The van der Waals surface area contributed by atoms with Gasteiger partial charge in [0, 0.05) is 12.4 Å². The maximum absolute atomic E-state index is 12.7. The number of rotatable bonds is 4. The molecule has 1 aromatic carbocycles. The molecule has 0 radical (unpaired) electrons. The van der Waals surface area contributed by atoms with Crippen molar-refractivity contribution in [2.45, 2.75) is 6.92 Å². The highest BCUT2D eigenvalue weighted by Gasteiger charge is 2.13. The number of carbonyl (C=O) groups is 1. The number of para-hydroxylation sites is 1. The Kier molecular flexibility index (Phi) is 3.94. The summed E-state index contributed by atoms with van der Waals surface area (Å²) in [5.74, 6) is 1.29. The number of amides is 1. The number of pyridine rings is 1. The molecule has 0 aliphatic carbocycles. The van der Waals surface area contributed by atoms with Crippen LogP contribution in [-0.4, -0.2) is 40.6 Å². The van der Waals surface area contributed by atoms with Crippen LogP contribution in [0.2, 0.25) is 0 Å². The zero-order valence-electron chi connectivity index (χ0n) is 13.8. The van der Waals surface area contributed by atoms with Gasteiger partial charge in [-0.1, -0.05) is 12.1 Å². The molecule has 3 aromatic heterocycles. The molecular formula is C17H14N8O. The molecule has 4 rings (SSSR count). The average molecular weight is 346 g/mol. The molecule has 4 aromatic rings. The van der Waals surface area contributed by atoms with Crippen LogP contribution in [0.5, 0.6) is 0 Å². The van der Waals surface area contributed by atoms with E-state index in [1.54, 1.807) is 36.7 Å². The second-order valence-electron chi connectivity index (χ2n) is 5.48. The lowest BCUT2D eigenvalue weighted by molar-refractivity contribution is 0.102. The van der Waals surface area contributed by atoms with Gasteiger partial charge in [0.2, 0.25) is 0 Å². The second kappa shape index (κ2) is 6.55. The van der Waals surface area contributed by atoms with Gasteiger partial charge in [-0.15, -0.1) is 5.10 Å². The van der Waals surface area contributed by atoms with Crippen LogP contribution in [0.1, 0.15) is 16.2 Å². The van der Waals surface area contributed by atoms with E-state index < -0.39 is 0 Å². The largest absolute Gasteiger partial charge is 0.321 e. The summed E-state index contributed by atoms with van der Waals surface area (Å²) in [4.78, 5) is 21.2. The average Bonchev–Trinajstić information content (AvgIpc) is 3.34. The molecule has 0 unspecified atom stereocenters. The van der Waals surface area contributed by atoms with E-state index in [2.05, 4.69) is 30.8 Å². The summed E-state index contributed by atoms with van der Waals surface area (Å²) in [6.07, 6.45) is 6.59. The number of carbonyl (C=O) groups excluding carboxylic acids is 1. The molecule has 0 spiro atoms. The Morgan fingerprint density at radius 1 is 1.12 bits per heavy atom. The van der Waals surface area contributed by atoms with Gasteiger partial charge in [-0.3, -0.25) is 9.36 Å². The van der Waals surface area contributed by atoms with Gasteiger partial charge in [0.15, 0.2) is 0 Å². The lowest BCUT2D eigenvalue weighted by atomic mass is 10.1. The third-order valence-corrected chi connectivity index (χ3v) is 3.82. The summed E-state index contributed by atoms with van der Waals surface area (Å²) in [5, 5.41) is 13.9. The molecule has 1 amide bonds. The number of aryl methyl sites for hydroxylation is 1. The molecule has 1 N–H and O–H groups in total. The van der Waals surface area contributed by atoms with Gasteiger partial charge in [0.1, 0.15) is 18.0 Å². The molecular weight excluding hydrogens is 332 g/mol. The fourth-order valence-corrected chi connectivity index (χ4v) is 2.56. The number of anilines is 1. The number of hydrogen-bond donors (Lipinski definition) is 1. The van der Waals surface area contributed by atoms with Gasteiger partial charge in [-0.25, -0.2) is 9.97 Å². The first-order valence-corrected chi connectivity index (χ1v) is 7.82. The van der Waals surface area contributed by atoms with Crippen molar-refractivity contribution in [3.63, 3.8) is 0 Å². The molecule has 128 valence electrons. The normalized spacial score (nSPS) is 10.7. The fourth-order valence-electron chi connectivity index (χ4n) is 2.56. The van der Waals surface area contributed by atoms with Gasteiger partial charge in [-0.2, -0.15) is 4.68 Å². The molecule has 0 saturated carbocycles. The van der Waals surface area contributed by atoms with Crippen LogP contribution in [0.25, 0.3) is 11.5 Å². The minimum absolute atomic E-state index is 0.274. The number of aromatic nitrogens is 7. The summed E-state index contributed by atoms with van der Waals surface area (Å²) in [6.45, 7) is 1.90. The SMILES string of the molecule is Cc1nccn1-c1ccc(NC(=O)c2ccccc2-n2cnnn2)cn1. The Bertz CT molecular complexity index is 1040. The van der Waals surface area contributed by atoms with E-state index in [1.807, 2.05) is 29.8 Å². The predicted octanol–water partition coefficient (Wildman–Crippen LogP) is 1.80. The van der Waals surface area contributed by atoms with Crippen LogP contribution in [-0.2, 0) is 0 Å². The third kappa shape index (κ3) is 2.93. The lowest BCUT2D eigenvalue weighted by Gasteiger charge is -2.10. The van der Waals surface area contributed by atoms with Gasteiger partial charge >= 0.3 is 0 Å². The van der Waals surface area contributed by atoms with Gasteiger partial charge in [-0.05, 0) is 41.6 Å². The maximum Gasteiger partial charge on any atom is 0.257 e. The first-order chi connectivity index (χ1) is 12.7. The monoisotopic (exact) mass is 346 g/mol. The van der Waals surface area contributed by atoms with Crippen molar-refractivity contribution in [3.05, 3.63) is 72.7 Å². The van der Waals surface area contributed by atoms with Gasteiger partial charge in [0.05, 0.1) is 23.1 Å². The summed E-state index contributed by atoms with van der Waals surface area (Å²) in [6, 6.07) is 10.7. The van der Waals surface area contributed by atoms with E-state index in [0.29, 0.717) is 16.9 Å².